The van der Waals surface area contributed by atoms with Gasteiger partial charge >= 0.3 is 0 Å². The van der Waals surface area contributed by atoms with Crippen LogP contribution in [0, 0.1) is 5.92 Å². The third-order valence-electron chi connectivity index (χ3n) is 6.60. The number of amides is 2. The van der Waals surface area contributed by atoms with Gasteiger partial charge < -0.3 is 5.32 Å². The smallest absolute Gasteiger partial charge is 0.270 e. The van der Waals surface area contributed by atoms with Crippen LogP contribution in [0.1, 0.15) is 30.5 Å². The van der Waals surface area contributed by atoms with E-state index in [-0.39, 0.29) is 11.3 Å². The lowest BCUT2D eigenvalue weighted by atomic mass is 9.98. The fourth-order valence-electron chi connectivity index (χ4n) is 4.60. The van der Waals surface area contributed by atoms with Crippen molar-refractivity contribution in [3.8, 4) is 11.1 Å². The molecule has 0 spiro atoms. The Kier molecular flexibility index (Phi) is 7.45. The van der Waals surface area contributed by atoms with Gasteiger partial charge in [-0.3, -0.25) is 14.6 Å². The van der Waals surface area contributed by atoms with Crippen LogP contribution in [0.25, 0.3) is 11.1 Å². The van der Waals surface area contributed by atoms with Crippen molar-refractivity contribution >= 4 is 40.5 Å². The number of nitrogens with one attached hydrogen (secondary N) is 1. The second-order valence-corrected chi connectivity index (χ2v) is 10.1. The van der Waals surface area contributed by atoms with Crippen molar-refractivity contribution in [1.82, 2.24) is 4.98 Å². The number of rotatable bonds is 7. The van der Waals surface area contributed by atoms with Crippen molar-refractivity contribution in [1.29, 1.82) is 0 Å². The van der Waals surface area contributed by atoms with Gasteiger partial charge in [0.25, 0.3) is 11.8 Å². The lowest BCUT2D eigenvalue weighted by Crippen LogP contribution is -2.36. The summed E-state index contributed by atoms with van der Waals surface area (Å²) >= 11 is 6.41. The molecule has 2 heterocycles. The highest BCUT2D eigenvalue weighted by atomic mass is 35.5. The first kappa shape index (κ1) is 27.1. The highest BCUT2D eigenvalue weighted by Gasteiger charge is 2.40. The van der Waals surface area contributed by atoms with E-state index in [1.165, 1.54) is 29.3 Å². The molecule has 6 nitrogen and oxygen atoms in total. The van der Waals surface area contributed by atoms with E-state index in [1.54, 1.807) is 19.3 Å². The predicted octanol–water partition coefficient (Wildman–Crippen LogP) is 7.08. The van der Waals surface area contributed by atoms with Crippen LogP contribution in [0.15, 0.2) is 96.4 Å². The predicted molar refractivity (Wildman–Crippen MR) is 153 cm³/mol. The van der Waals surface area contributed by atoms with E-state index >= 15 is 0 Å². The summed E-state index contributed by atoms with van der Waals surface area (Å²) in [4.78, 5) is 30.9. The zero-order valence-corrected chi connectivity index (χ0v) is 22.5. The van der Waals surface area contributed by atoms with Gasteiger partial charge in [0.05, 0.1) is 11.4 Å². The van der Waals surface area contributed by atoms with Crippen molar-refractivity contribution < 1.29 is 18.4 Å². The Hall–Kier alpha value is -4.43. The molecule has 202 valence electrons. The van der Waals surface area contributed by atoms with E-state index in [9.17, 15) is 18.4 Å². The Bertz CT molecular complexity index is 1620. The van der Waals surface area contributed by atoms with Gasteiger partial charge in [0.1, 0.15) is 0 Å². The minimum absolute atomic E-state index is 0.170. The molecule has 0 fully saturated rings. The molecule has 0 bridgehead atoms. The highest BCUT2D eigenvalue weighted by molar-refractivity contribution is 6.31. The Labute approximate surface area is 235 Å². The van der Waals surface area contributed by atoms with E-state index in [0.717, 1.165) is 29.2 Å². The first-order chi connectivity index (χ1) is 19.1. The Morgan fingerprint density at radius 2 is 1.82 bits per heavy atom. The maximum Gasteiger partial charge on any atom is 0.270 e. The minimum atomic E-state index is -3.07. The number of anilines is 2. The quantitative estimate of drug-likeness (QED) is 0.246. The standard InChI is InChI=1S/C31H25ClF2N4O2/c1-19-28(29(39)36-25-10-5-9-24(17-25)31(2,33)34)30(40)38(37-19)26-15-20(13-21-7-3-4-11-27(21)32)14-23(16-26)22-8-6-12-35-18-22/h3-12,14-18,28H,13H2,1-2H3,(H,36,39)/t28-/m1/s1. The number of halogens is 3. The largest absolute Gasteiger partial charge is 0.325 e. The van der Waals surface area contributed by atoms with Crippen LogP contribution in [-0.2, 0) is 21.9 Å². The molecule has 0 aliphatic carbocycles. The first-order valence-electron chi connectivity index (χ1n) is 12.6. The number of aromatic nitrogens is 1. The first-order valence-corrected chi connectivity index (χ1v) is 12.9. The van der Waals surface area contributed by atoms with E-state index in [4.69, 9.17) is 11.6 Å². The third kappa shape index (κ3) is 5.77. The summed E-state index contributed by atoms with van der Waals surface area (Å²) in [6, 6.07) is 22.3. The monoisotopic (exact) mass is 558 g/mol. The summed E-state index contributed by atoms with van der Waals surface area (Å²) < 4.78 is 27.6. The Morgan fingerprint density at radius 3 is 2.55 bits per heavy atom. The van der Waals surface area contributed by atoms with Crippen molar-refractivity contribution in [3.63, 3.8) is 0 Å². The number of nitrogens with zero attached hydrogens (tertiary/aromatic N) is 3. The molecule has 5 rings (SSSR count). The average molecular weight is 559 g/mol. The fraction of sp³-hybridized carbons (Fsp3) is 0.161. The van der Waals surface area contributed by atoms with Crippen LogP contribution in [0.4, 0.5) is 20.2 Å². The zero-order chi connectivity index (χ0) is 28.4. The van der Waals surface area contributed by atoms with E-state index < -0.39 is 23.7 Å². The topological polar surface area (TPSA) is 74.7 Å². The van der Waals surface area contributed by atoms with Crippen molar-refractivity contribution in [2.75, 3.05) is 10.3 Å². The van der Waals surface area contributed by atoms with Gasteiger partial charge in [0.2, 0.25) is 5.91 Å². The molecule has 1 aliphatic rings. The van der Waals surface area contributed by atoms with E-state index in [1.807, 2.05) is 54.6 Å². The second-order valence-electron chi connectivity index (χ2n) is 9.68. The summed E-state index contributed by atoms with van der Waals surface area (Å²) in [6.45, 7) is 2.37. The molecule has 0 radical (unpaired) electrons. The van der Waals surface area contributed by atoms with Gasteiger partial charge in [0.15, 0.2) is 5.92 Å². The van der Waals surface area contributed by atoms with Gasteiger partial charge in [-0.05, 0) is 66.4 Å². The SMILES string of the molecule is CC1=NN(c2cc(Cc3ccccc3Cl)cc(-c3cccnc3)c2)C(=O)[C@H]1C(=O)Nc1cccc(C(C)(F)F)c1. The van der Waals surface area contributed by atoms with Crippen LogP contribution in [0.3, 0.4) is 0 Å². The summed E-state index contributed by atoms with van der Waals surface area (Å²) in [5, 5.41) is 8.86. The van der Waals surface area contributed by atoms with Crippen molar-refractivity contribution in [2.45, 2.75) is 26.2 Å². The van der Waals surface area contributed by atoms with Crippen molar-refractivity contribution in [2.24, 2.45) is 11.0 Å². The molecule has 2 amide bonds. The number of benzene rings is 3. The lowest BCUT2D eigenvalue weighted by molar-refractivity contribution is -0.127. The van der Waals surface area contributed by atoms with Gasteiger partial charge in [-0.2, -0.15) is 10.1 Å². The number of alkyl halides is 2. The summed E-state index contributed by atoms with van der Waals surface area (Å²) in [6.07, 6.45) is 3.91. The molecular weight excluding hydrogens is 534 g/mol. The number of carbonyl (C=O) groups is 2. The molecule has 9 heteroatoms. The van der Waals surface area contributed by atoms with Crippen LogP contribution >= 0.6 is 11.6 Å². The molecule has 0 saturated carbocycles. The highest BCUT2D eigenvalue weighted by Crippen LogP contribution is 2.33. The van der Waals surface area contributed by atoms with Crippen LogP contribution < -0.4 is 10.3 Å². The molecule has 0 saturated heterocycles. The zero-order valence-electron chi connectivity index (χ0n) is 21.7. The molecule has 1 atom stereocenters. The van der Waals surface area contributed by atoms with Gasteiger partial charge in [-0.15, -0.1) is 0 Å². The molecule has 40 heavy (non-hydrogen) atoms. The molecule has 1 aromatic heterocycles. The minimum Gasteiger partial charge on any atom is -0.325 e. The summed E-state index contributed by atoms with van der Waals surface area (Å²) in [5.41, 5.74) is 4.17. The molecule has 4 aromatic rings. The van der Waals surface area contributed by atoms with Crippen LogP contribution in [-0.4, -0.2) is 22.5 Å². The molecular formula is C31H25ClF2N4O2. The Morgan fingerprint density at radius 1 is 1.02 bits per heavy atom. The molecule has 0 unspecified atom stereocenters. The molecule has 1 aliphatic heterocycles. The fourth-order valence-corrected chi connectivity index (χ4v) is 4.80. The van der Waals surface area contributed by atoms with Crippen LogP contribution in [0.2, 0.25) is 5.02 Å². The Balaban J connectivity index is 1.45. The second kappa shape index (κ2) is 11.0. The average Bonchev–Trinajstić information content (AvgIpc) is 3.23. The van der Waals surface area contributed by atoms with Gasteiger partial charge in [0, 0.05) is 41.2 Å². The number of pyridine rings is 1. The van der Waals surface area contributed by atoms with Gasteiger partial charge in [-0.25, -0.2) is 8.78 Å². The molecule has 3 aromatic carbocycles. The lowest BCUT2D eigenvalue weighted by Gasteiger charge is -2.18. The number of carbonyl (C=O) groups excluding carboxylic acids is 2. The van der Waals surface area contributed by atoms with Crippen LogP contribution in [0.5, 0.6) is 0 Å². The summed E-state index contributed by atoms with van der Waals surface area (Å²) in [5.74, 6) is -5.47. The number of hydrazone groups is 1. The van der Waals surface area contributed by atoms with Crippen molar-refractivity contribution in [3.05, 3.63) is 113 Å². The van der Waals surface area contributed by atoms with Gasteiger partial charge in [-0.1, -0.05) is 54.1 Å². The number of hydrogen-bond donors (Lipinski definition) is 1. The maximum absolute atomic E-state index is 13.8. The third-order valence-corrected chi connectivity index (χ3v) is 6.97. The van der Waals surface area contributed by atoms with E-state index in [0.29, 0.717) is 22.8 Å². The van der Waals surface area contributed by atoms with E-state index in [2.05, 4.69) is 15.4 Å². The maximum atomic E-state index is 13.8. The number of hydrogen-bond acceptors (Lipinski definition) is 4. The molecule has 1 N–H and O–H groups in total. The normalized spacial score (nSPS) is 15.2. The summed E-state index contributed by atoms with van der Waals surface area (Å²) in [7, 11) is 0.